The van der Waals surface area contributed by atoms with Crippen LogP contribution in [0.2, 0.25) is 5.02 Å². The number of hydrogen-bond acceptors (Lipinski definition) is 6. The van der Waals surface area contributed by atoms with Crippen molar-refractivity contribution in [2.24, 2.45) is 0 Å². The van der Waals surface area contributed by atoms with Gasteiger partial charge in [-0.1, -0.05) is 62.6 Å². The van der Waals surface area contributed by atoms with Crippen LogP contribution in [0.5, 0.6) is 11.5 Å². The van der Waals surface area contributed by atoms with E-state index in [1.165, 1.54) is 11.3 Å². The molecule has 0 bridgehead atoms. The highest BCUT2D eigenvalue weighted by Crippen LogP contribution is 2.39. The third kappa shape index (κ3) is 6.40. The van der Waals surface area contributed by atoms with Crippen LogP contribution in [0.15, 0.2) is 36.4 Å². The topological polar surface area (TPSA) is 54.9 Å². The summed E-state index contributed by atoms with van der Waals surface area (Å²) in [6, 6.07) is 11.0. The van der Waals surface area contributed by atoms with Gasteiger partial charge in [-0.3, -0.25) is 9.69 Å². The first-order valence-corrected chi connectivity index (χ1v) is 13.1. The van der Waals surface area contributed by atoms with Gasteiger partial charge in [-0.25, -0.2) is 4.98 Å². The first kappa shape index (κ1) is 26.3. The van der Waals surface area contributed by atoms with E-state index in [0.29, 0.717) is 45.9 Å². The fraction of sp³-hybridized carbons (Fsp3) is 0.462. The summed E-state index contributed by atoms with van der Waals surface area (Å²) in [4.78, 5) is 22.5. The Morgan fingerprint density at radius 3 is 2.59 bits per heavy atom. The molecule has 8 heteroatoms. The number of thiazole rings is 1. The van der Waals surface area contributed by atoms with Crippen molar-refractivity contribution >= 4 is 44.2 Å². The molecule has 0 radical (unpaired) electrons. The van der Waals surface area contributed by atoms with E-state index in [2.05, 4.69) is 25.7 Å². The zero-order chi connectivity index (χ0) is 24.5. The summed E-state index contributed by atoms with van der Waals surface area (Å²) < 4.78 is 12.2. The molecule has 34 heavy (non-hydrogen) atoms. The Morgan fingerprint density at radius 1 is 1.09 bits per heavy atom. The zero-order valence-electron chi connectivity index (χ0n) is 20.5. The monoisotopic (exact) mass is 503 g/mol. The second kappa shape index (κ2) is 12.9. The Kier molecular flexibility index (Phi) is 9.99. The predicted octanol–water partition coefficient (Wildman–Crippen LogP) is 6.52. The lowest BCUT2D eigenvalue weighted by molar-refractivity contribution is 0.0983. The second-order valence-corrected chi connectivity index (χ2v) is 9.38. The highest BCUT2D eigenvalue weighted by atomic mass is 35.5. The van der Waals surface area contributed by atoms with E-state index in [-0.39, 0.29) is 5.91 Å². The maximum absolute atomic E-state index is 13.7. The molecule has 0 spiro atoms. The summed E-state index contributed by atoms with van der Waals surface area (Å²) in [6.07, 6.45) is 3.26. The van der Waals surface area contributed by atoms with E-state index in [4.69, 9.17) is 26.1 Å². The lowest BCUT2D eigenvalue weighted by Crippen LogP contribution is -2.38. The number of halogens is 1. The standard InChI is InChI=1S/C26H34ClN3O3S/c1-5-8-9-17-33-20-12-10-11-19(18-20)25(31)30(16-15-29(6-2)7-3)26-28-23-22(32-4)14-13-21(27)24(23)34-26/h10-14,18H,5-9,15-17H2,1-4H3. The van der Waals surface area contributed by atoms with Gasteiger partial charge in [0.2, 0.25) is 0 Å². The number of benzene rings is 2. The van der Waals surface area contributed by atoms with Crippen molar-refractivity contribution in [3.8, 4) is 11.5 Å². The number of amides is 1. The van der Waals surface area contributed by atoms with Crippen molar-refractivity contribution in [3.05, 3.63) is 47.0 Å². The van der Waals surface area contributed by atoms with E-state index in [0.717, 1.165) is 43.6 Å². The molecule has 0 aliphatic carbocycles. The molecule has 0 unspecified atom stereocenters. The summed E-state index contributed by atoms with van der Waals surface area (Å²) in [5.41, 5.74) is 1.24. The van der Waals surface area contributed by atoms with E-state index >= 15 is 0 Å². The number of rotatable bonds is 13. The minimum atomic E-state index is -0.111. The van der Waals surface area contributed by atoms with Gasteiger partial charge in [-0.15, -0.1) is 0 Å². The van der Waals surface area contributed by atoms with Gasteiger partial charge in [0, 0.05) is 18.7 Å². The number of ether oxygens (including phenoxy) is 2. The fourth-order valence-electron chi connectivity index (χ4n) is 3.70. The van der Waals surface area contributed by atoms with Crippen LogP contribution in [0.4, 0.5) is 5.13 Å². The van der Waals surface area contributed by atoms with Crippen molar-refractivity contribution in [1.29, 1.82) is 0 Å². The lowest BCUT2D eigenvalue weighted by atomic mass is 10.2. The molecule has 1 amide bonds. The van der Waals surface area contributed by atoms with E-state index in [1.54, 1.807) is 24.1 Å². The van der Waals surface area contributed by atoms with Crippen LogP contribution < -0.4 is 14.4 Å². The Bertz CT molecular complexity index is 1080. The number of likely N-dealkylation sites (N-methyl/N-ethyl adjacent to an activating group) is 1. The summed E-state index contributed by atoms with van der Waals surface area (Å²) in [5, 5.41) is 1.20. The molecule has 184 valence electrons. The highest BCUT2D eigenvalue weighted by molar-refractivity contribution is 7.23. The van der Waals surface area contributed by atoms with Gasteiger partial charge in [-0.05, 0) is 49.8 Å². The maximum atomic E-state index is 13.7. The largest absolute Gasteiger partial charge is 0.494 e. The Morgan fingerprint density at radius 2 is 1.88 bits per heavy atom. The summed E-state index contributed by atoms with van der Waals surface area (Å²) in [7, 11) is 1.61. The van der Waals surface area contributed by atoms with Crippen LogP contribution in [-0.2, 0) is 0 Å². The van der Waals surface area contributed by atoms with E-state index in [9.17, 15) is 4.79 Å². The molecule has 3 rings (SSSR count). The molecule has 0 saturated heterocycles. The van der Waals surface area contributed by atoms with Crippen LogP contribution in [-0.4, -0.2) is 55.7 Å². The Hall–Kier alpha value is -2.35. The number of hydrogen-bond donors (Lipinski definition) is 0. The first-order chi connectivity index (χ1) is 16.5. The molecule has 2 aromatic carbocycles. The normalized spacial score (nSPS) is 11.2. The van der Waals surface area contributed by atoms with Gasteiger partial charge in [0.25, 0.3) is 5.91 Å². The summed E-state index contributed by atoms with van der Waals surface area (Å²) in [6.45, 7) is 10.1. The molecule has 0 fully saturated rings. The van der Waals surface area contributed by atoms with Crippen LogP contribution >= 0.6 is 22.9 Å². The molecule has 0 atom stereocenters. The number of anilines is 1. The Labute approximate surface area is 211 Å². The molecule has 0 saturated carbocycles. The minimum Gasteiger partial charge on any atom is -0.494 e. The number of carbonyl (C=O) groups is 1. The van der Waals surface area contributed by atoms with Crippen molar-refractivity contribution in [2.45, 2.75) is 40.0 Å². The molecule has 1 heterocycles. The van der Waals surface area contributed by atoms with E-state index < -0.39 is 0 Å². The first-order valence-electron chi connectivity index (χ1n) is 11.9. The van der Waals surface area contributed by atoms with Gasteiger partial charge in [0.15, 0.2) is 5.13 Å². The SMILES string of the molecule is CCCCCOc1cccc(C(=O)N(CCN(CC)CC)c2nc3c(OC)ccc(Cl)c3s2)c1. The molecule has 0 aliphatic heterocycles. The smallest absolute Gasteiger partial charge is 0.260 e. The number of methoxy groups -OCH3 is 1. The average molecular weight is 504 g/mol. The molecule has 3 aromatic rings. The number of unbranched alkanes of at least 4 members (excludes halogenated alkanes) is 2. The highest BCUT2D eigenvalue weighted by Gasteiger charge is 2.24. The zero-order valence-corrected chi connectivity index (χ0v) is 22.0. The third-order valence-corrected chi connectivity index (χ3v) is 7.31. The molecule has 6 nitrogen and oxygen atoms in total. The van der Waals surface area contributed by atoms with Crippen molar-refractivity contribution < 1.29 is 14.3 Å². The van der Waals surface area contributed by atoms with Crippen molar-refractivity contribution in [1.82, 2.24) is 9.88 Å². The van der Waals surface area contributed by atoms with Gasteiger partial charge in [0.05, 0.1) is 23.4 Å². The maximum Gasteiger partial charge on any atom is 0.260 e. The van der Waals surface area contributed by atoms with Gasteiger partial charge in [-0.2, -0.15) is 0 Å². The van der Waals surface area contributed by atoms with Gasteiger partial charge >= 0.3 is 0 Å². The summed E-state index contributed by atoms with van der Waals surface area (Å²) in [5.74, 6) is 1.24. The van der Waals surface area contributed by atoms with Crippen LogP contribution in [0.25, 0.3) is 10.2 Å². The fourth-order valence-corrected chi connectivity index (χ4v) is 4.98. The van der Waals surface area contributed by atoms with Crippen LogP contribution in [0, 0.1) is 0 Å². The van der Waals surface area contributed by atoms with Crippen LogP contribution in [0.1, 0.15) is 50.4 Å². The summed E-state index contributed by atoms with van der Waals surface area (Å²) >= 11 is 7.86. The number of aromatic nitrogens is 1. The van der Waals surface area contributed by atoms with Gasteiger partial charge in [0.1, 0.15) is 17.0 Å². The Balaban J connectivity index is 1.93. The predicted molar refractivity (Wildman–Crippen MR) is 142 cm³/mol. The molecule has 0 N–H and O–H groups in total. The molecule has 1 aromatic heterocycles. The quantitative estimate of drug-likeness (QED) is 0.249. The van der Waals surface area contributed by atoms with Crippen LogP contribution in [0.3, 0.4) is 0 Å². The average Bonchev–Trinajstić information content (AvgIpc) is 3.31. The van der Waals surface area contributed by atoms with Crippen molar-refractivity contribution in [2.75, 3.05) is 44.8 Å². The molecular weight excluding hydrogens is 470 g/mol. The number of nitrogens with zero attached hydrogens (tertiary/aromatic N) is 3. The number of fused-ring (bicyclic) bond motifs is 1. The molecule has 0 aliphatic rings. The minimum absolute atomic E-state index is 0.111. The second-order valence-electron chi connectivity index (χ2n) is 7.99. The third-order valence-electron chi connectivity index (χ3n) is 5.78. The van der Waals surface area contributed by atoms with Gasteiger partial charge < -0.3 is 14.4 Å². The molecular formula is C26H34ClN3O3S. The van der Waals surface area contributed by atoms with Crippen molar-refractivity contribution in [3.63, 3.8) is 0 Å². The number of carbonyl (C=O) groups excluding carboxylic acids is 1. The lowest BCUT2D eigenvalue weighted by Gasteiger charge is -2.25. The van der Waals surface area contributed by atoms with E-state index in [1.807, 2.05) is 24.3 Å².